The molecule has 0 amide bonds. The van der Waals surface area contributed by atoms with Gasteiger partial charge in [-0.1, -0.05) is 42.5 Å². The van der Waals surface area contributed by atoms with Gasteiger partial charge in [0.2, 0.25) is 0 Å². The molecule has 7 N–H and O–H groups in total. The van der Waals surface area contributed by atoms with Crippen molar-refractivity contribution < 1.29 is 9.84 Å². The fourth-order valence-electron chi connectivity index (χ4n) is 2.66. The van der Waals surface area contributed by atoms with E-state index in [0.717, 1.165) is 22.0 Å². The normalized spacial score (nSPS) is 10.1. The van der Waals surface area contributed by atoms with Crippen molar-refractivity contribution in [3.8, 4) is 11.5 Å². The zero-order valence-electron chi connectivity index (χ0n) is 15.4. The van der Waals surface area contributed by atoms with E-state index >= 15 is 0 Å². The predicted molar refractivity (Wildman–Crippen MR) is 116 cm³/mol. The number of para-hydroxylation sites is 2. The lowest BCUT2D eigenvalue weighted by molar-refractivity contribution is 0.308. The van der Waals surface area contributed by atoms with Crippen molar-refractivity contribution in [2.75, 3.05) is 17.2 Å². The van der Waals surface area contributed by atoms with Gasteiger partial charge in [0.25, 0.3) is 0 Å². The maximum atomic E-state index is 9.44. The average Bonchev–Trinajstić information content (AvgIpc) is 2.70. The third kappa shape index (κ3) is 4.86. The Balaban J connectivity index is 0.000000167. The maximum absolute atomic E-state index is 9.44. The van der Waals surface area contributed by atoms with Gasteiger partial charge in [0.15, 0.2) is 0 Å². The van der Waals surface area contributed by atoms with Crippen molar-refractivity contribution >= 4 is 27.8 Å². The minimum absolute atomic E-state index is 0.278. The fraction of sp³-hybridized carbons (Fsp3) is 0.0435. The highest BCUT2D eigenvalue weighted by atomic mass is 16.5. The maximum Gasteiger partial charge on any atom is 0.142 e. The first-order chi connectivity index (χ1) is 13.5. The number of hydrogen-bond donors (Lipinski definition) is 4. The standard InChI is InChI=1S/C13H14N2O.C10H9NO/c14-11-7-5-10(6-8-11)9-16-13-4-2-1-3-12(13)15;11-8-5-4-7-2-1-3-10(12)9(7)6-8/h1-8H,9,14-15H2;1-6,12H,11H2. The van der Waals surface area contributed by atoms with Gasteiger partial charge in [0.1, 0.15) is 18.1 Å². The Kier molecular flexibility index (Phi) is 5.87. The van der Waals surface area contributed by atoms with Crippen LogP contribution in [0.3, 0.4) is 0 Å². The Morgan fingerprint density at radius 1 is 0.714 bits per heavy atom. The van der Waals surface area contributed by atoms with Gasteiger partial charge in [-0.05, 0) is 53.4 Å². The number of hydrogen-bond acceptors (Lipinski definition) is 5. The first kappa shape index (κ1) is 18.9. The van der Waals surface area contributed by atoms with Crippen molar-refractivity contribution in [2.45, 2.75) is 6.61 Å². The van der Waals surface area contributed by atoms with Crippen molar-refractivity contribution in [3.63, 3.8) is 0 Å². The highest BCUT2D eigenvalue weighted by Gasteiger charge is 1.99. The van der Waals surface area contributed by atoms with Gasteiger partial charge < -0.3 is 27.0 Å². The second-order valence-corrected chi connectivity index (χ2v) is 6.33. The molecule has 0 spiro atoms. The molecule has 0 aliphatic rings. The lowest BCUT2D eigenvalue weighted by Crippen LogP contribution is -1.98. The van der Waals surface area contributed by atoms with Crippen LogP contribution in [0.15, 0.2) is 84.9 Å². The van der Waals surface area contributed by atoms with E-state index in [2.05, 4.69) is 0 Å². The first-order valence-electron chi connectivity index (χ1n) is 8.82. The average molecular weight is 373 g/mol. The van der Waals surface area contributed by atoms with Crippen LogP contribution in [0.25, 0.3) is 10.8 Å². The molecule has 0 atom stereocenters. The number of aromatic hydroxyl groups is 1. The van der Waals surface area contributed by atoms with Gasteiger partial charge >= 0.3 is 0 Å². The summed E-state index contributed by atoms with van der Waals surface area (Å²) in [5.74, 6) is 0.985. The van der Waals surface area contributed by atoms with Crippen molar-refractivity contribution in [3.05, 3.63) is 90.5 Å². The van der Waals surface area contributed by atoms with E-state index in [1.807, 2.05) is 72.8 Å². The summed E-state index contributed by atoms with van der Waals surface area (Å²) in [6.45, 7) is 0.495. The summed E-state index contributed by atoms with van der Waals surface area (Å²) in [7, 11) is 0. The third-order valence-corrected chi connectivity index (χ3v) is 4.18. The molecular weight excluding hydrogens is 350 g/mol. The quantitative estimate of drug-likeness (QED) is 0.394. The van der Waals surface area contributed by atoms with E-state index in [4.69, 9.17) is 21.9 Å². The molecule has 0 unspecified atom stereocenters. The van der Waals surface area contributed by atoms with E-state index < -0.39 is 0 Å². The topological polar surface area (TPSA) is 108 Å². The SMILES string of the molecule is Nc1ccc(COc2ccccc2N)cc1.Nc1ccc2cccc(O)c2c1. The molecule has 0 aliphatic carbocycles. The van der Waals surface area contributed by atoms with Crippen LogP contribution in [0, 0.1) is 0 Å². The second-order valence-electron chi connectivity index (χ2n) is 6.33. The lowest BCUT2D eigenvalue weighted by atomic mass is 10.1. The van der Waals surface area contributed by atoms with E-state index in [-0.39, 0.29) is 5.75 Å². The van der Waals surface area contributed by atoms with Crippen molar-refractivity contribution in [1.29, 1.82) is 0 Å². The number of phenolic OH excluding ortho intramolecular Hbond substituents is 1. The Morgan fingerprint density at radius 2 is 1.43 bits per heavy atom. The van der Waals surface area contributed by atoms with E-state index in [1.54, 1.807) is 12.1 Å². The molecule has 0 aromatic heterocycles. The number of rotatable bonds is 3. The van der Waals surface area contributed by atoms with Gasteiger partial charge in [-0.2, -0.15) is 0 Å². The molecule has 4 aromatic rings. The van der Waals surface area contributed by atoms with E-state index in [1.165, 1.54) is 0 Å². The number of nitrogen functional groups attached to an aromatic ring is 3. The number of nitrogens with two attached hydrogens (primary N) is 3. The summed E-state index contributed by atoms with van der Waals surface area (Å²) in [5.41, 5.74) is 20.1. The molecule has 0 saturated heterocycles. The van der Waals surface area contributed by atoms with Crippen molar-refractivity contribution in [2.24, 2.45) is 0 Å². The van der Waals surface area contributed by atoms with Gasteiger partial charge in [-0.15, -0.1) is 0 Å². The lowest BCUT2D eigenvalue weighted by Gasteiger charge is -2.08. The van der Waals surface area contributed by atoms with Gasteiger partial charge in [0.05, 0.1) is 5.69 Å². The molecule has 0 fully saturated rings. The number of benzene rings is 4. The number of anilines is 3. The predicted octanol–water partition coefficient (Wildman–Crippen LogP) is 4.56. The molecule has 5 heteroatoms. The van der Waals surface area contributed by atoms with Crippen LogP contribution in [0.4, 0.5) is 17.1 Å². The Bertz CT molecular complexity index is 1060. The summed E-state index contributed by atoms with van der Waals surface area (Å²) >= 11 is 0. The zero-order chi connectivity index (χ0) is 19.9. The van der Waals surface area contributed by atoms with Gasteiger partial charge in [-0.25, -0.2) is 0 Å². The third-order valence-electron chi connectivity index (χ3n) is 4.18. The summed E-state index contributed by atoms with van der Waals surface area (Å²) in [5, 5.41) is 11.2. The molecule has 0 saturated carbocycles. The summed E-state index contributed by atoms with van der Waals surface area (Å²) in [6, 6.07) is 25.9. The van der Waals surface area contributed by atoms with Crippen LogP contribution in [-0.4, -0.2) is 5.11 Å². The second kappa shape index (κ2) is 8.68. The highest BCUT2D eigenvalue weighted by Crippen LogP contribution is 2.25. The van der Waals surface area contributed by atoms with Crippen molar-refractivity contribution in [1.82, 2.24) is 0 Å². The van der Waals surface area contributed by atoms with Crippen LogP contribution in [0.5, 0.6) is 11.5 Å². The zero-order valence-corrected chi connectivity index (χ0v) is 15.4. The molecule has 4 rings (SSSR count). The molecule has 142 valence electrons. The summed E-state index contributed by atoms with van der Waals surface area (Å²) in [4.78, 5) is 0. The molecular formula is C23H23N3O2. The number of fused-ring (bicyclic) bond motifs is 1. The number of ether oxygens (including phenoxy) is 1. The largest absolute Gasteiger partial charge is 0.507 e. The smallest absolute Gasteiger partial charge is 0.142 e. The minimum atomic E-state index is 0.278. The fourth-order valence-corrected chi connectivity index (χ4v) is 2.66. The van der Waals surface area contributed by atoms with Crippen LogP contribution in [0.2, 0.25) is 0 Å². The molecule has 28 heavy (non-hydrogen) atoms. The monoisotopic (exact) mass is 373 g/mol. The molecule has 0 radical (unpaired) electrons. The molecule has 0 heterocycles. The Hall–Kier alpha value is -3.86. The van der Waals surface area contributed by atoms with E-state index in [9.17, 15) is 5.11 Å². The molecule has 5 nitrogen and oxygen atoms in total. The minimum Gasteiger partial charge on any atom is -0.507 e. The van der Waals surface area contributed by atoms with Gasteiger partial charge in [0, 0.05) is 16.8 Å². The Morgan fingerprint density at radius 3 is 2.18 bits per heavy atom. The molecule has 0 bridgehead atoms. The van der Waals surface area contributed by atoms with Crippen LogP contribution in [-0.2, 0) is 6.61 Å². The van der Waals surface area contributed by atoms with Crippen LogP contribution >= 0.6 is 0 Å². The molecule has 0 aliphatic heterocycles. The summed E-state index contributed by atoms with van der Waals surface area (Å²) in [6.07, 6.45) is 0. The molecule has 4 aromatic carbocycles. The van der Waals surface area contributed by atoms with Crippen LogP contribution < -0.4 is 21.9 Å². The number of phenols is 1. The summed E-state index contributed by atoms with van der Waals surface area (Å²) < 4.78 is 5.60. The van der Waals surface area contributed by atoms with Gasteiger partial charge in [-0.3, -0.25) is 0 Å². The first-order valence-corrected chi connectivity index (χ1v) is 8.82. The van der Waals surface area contributed by atoms with E-state index in [0.29, 0.717) is 23.7 Å². The Labute approximate surface area is 164 Å². The van der Waals surface area contributed by atoms with Crippen LogP contribution in [0.1, 0.15) is 5.56 Å². The highest BCUT2D eigenvalue weighted by molar-refractivity contribution is 5.90.